The summed E-state index contributed by atoms with van der Waals surface area (Å²) in [5.41, 5.74) is 0.962. The minimum Gasteiger partial charge on any atom is -0.507 e. The van der Waals surface area contributed by atoms with E-state index in [4.69, 9.17) is 0 Å². The van der Waals surface area contributed by atoms with Crippen molar-refractivity contribution >= 4 is 23.5 Å². The molecule has 1 amide bonds. The molecule has 0 unspecified atom stereocenters. The summed E-state index contributed by atoms with van der Waals surface area (Å²) in [6, 6.07) is 8.77. The van der Waals surface area contributed by atoms with E-state index in [1.807, 2.05) is 0 Å². The van der Waals surface area contributed by atoms with E-state index in [0.29, 0.717) is 5.56 Å². The van der Waals surface area contributed by atoms with Crippen molar-refractivity contribution in [1.82, 2.24) is 5.43 Å². The number of benzene rings is 2. The van der Waals surface area contributed by atoms with Crippen LogP contribution in [0.1, 0.15) is 15.9 Å². The molecule has 24 heavy (non-hydrogen) atoms. The number of hydrogen-bond acceptors (Lipinski definition) is 7. The van der Waals surface area contributed by atoms with Gasteiger partial charge in [0.1, 0.15) is 5.75 Å². The van der Waals surface area contributed by atoms with Crippen molar-refractivity contribution in [2.75, 3.05) is 0 Å². The van der Waals surface area contributed by atoms with E-state index in [1.54, 1.807) is 18.2 Å². The van der Waals surface area contributed by atoms with Crippen molar-refractivity contribution in [2.24, 2.45) is 5.10 Å². The predicted octanol–water partition coefficient (Wildman–Crippen LogP) is 1.97. The minimum atomic E-state index is -0.867. The standard InChI is InChI=1S/C14H10N4O6/c19-13-4-2-1-3-9(13)8-15-16-14(20)10-5-11(17(21)22)7-12(6-10)18(23)24/h1-8,19H,(H,16,20)/b15-8-. The second-order valence-corrected chi connectivity index (χ2v) is 4.51. The largest absolute Gasteiger partial charge is 0.507 e. The first-order valence-corrected chi connectivity index (χ1v) is 6.44. The van der Waals surface area contributed by atoms with Crippen LogP contribution in [0.2, 0.25) is 0 Å². The molecule has 0 heterocycles. The van der Waals surface area contributed by atoms with Gasteiger partial charge in [-0.05, 0) is 12.1 Å². The van der Waals surface area contributed by atoms with Gasteiger partial charge in [-0.15, -0.1) is 0 Å². The molecule has 2 aromatic carbocycles. The van der Waals surface area contributed by atoms with Gasteiger partial charge in [0.2, 0.25) is 0 Å². The van der Waals surface area contributed by atoms with Gasteiger partial charge < -0.3 is 5.11 Å². The Morgan fingerprint density at radius 1 is 1.08 bits per heavy atom. The summed E-state index contributed by atoms with van der Waals surface area (Å²) in [4.78, 5) is 31.8. The first kappa shape index (κ1) is 16.5. The average Bonchev–Trinajstić information content (AvgIpc) is 2.56. The number of non-ortho nitro benzene ring substituents is 2. The number of nitro groups is 2. The summed E-state index contributed by atoms with van der Waals surface area (Å²) < 4.78 is 0. The maximum absolute atomic E-state index is 11.9. The third-order valence-electron chi connectivity index (χ3n) is 2.89. The summed E-state index contributed by atoms with van der Waals surface area (Å²) in [7, 11) is 0. The Kier molecular flexibility index (Phi) is 4.80. The zero-order valence-electron chi connectivity index (χ0n) is 11.9. The molecule has 0 fully saturated rings. The van der Waals surface area contributed by atoms with E-state index in [0.717, 1.165) is 18.2 Å². The number of rotatable bonds is 5. The van der Waals surface area contributed by atoms with E-state index in [2.05, 4.69) is 10.5 Å². The van der Waals surface area contributed by atoms with Crippen molar-refractivity contribution in [3.63, 3.8) is 0 Å². The van der Waals surface area contributed by atoms with Gasteiger partial charge in [0.15, 0.2) is 0 Å². The number of carbonyl (C=O) groups is 1. The first-order chi connectivity index (χ1) is 11.4. The lowest BCUT2D eigenvalue weighted by Crippen LogP contribution is -2.18. The van der Waals surface area contributed by atoms with Crippen molar-refractivity contribution in [3.8, 4) is 5.75 Å². The van der Waals surface area contributed by atoms with Crippen molar-refractivity contribution in [2.45, 2.75) is 0 Å². The number of phenolic OH excluding ortho intramolecular Hbond substituents is 1. The van der Waals surface area contributed by atoms with Crippen LogP contribution < -0.4 is 5.43 Å². The molecule has 2 N–H and O–H groups in total. The smallest absolute Gasteiger partial charge is 0.277 e. The molecule has 0 spiro atoms. The van der Waals surface area contributed by atoms with Crippen LogP contribution in [-0.4, -0.2) is 27.1 Å². The summed E-state index contributed by atoms with van der Waals surface area (Å²) >= 11 is 0. The number of hydrogen-bond donors (Lipinski definition) is 2. The highest BCUT2D eigenvalue weighted by Gasteiger charge is 2.19. The van der Waals surface area contributed by atoms with Gasteiger partial charge in [-0.25, -0.2) is 5.43 Å². The topological polar surface area (TPSA) is 148 Å². The fourth-order valence-corrected chi connectivity index (χ4v) is 1.76. The molecule has 2 aromatic rings. The van der Waals surface area contributed by atoms with E-state index >= 15 is 0 Å². The third kappa shape index (κ3) is 3.88. The summed E-state index contributed by atoms with van der Waals surface area (Å²) in [6.07, 6.45) is 1.17. The van der Waals surface area contributed by atoms with E-state index in [1.165, 1.54) is 12.3 Å². The zero-order chi connectivity index (χ0) is 17.7. The van der Waals surface area contributed by atoms with Crippen LogP contribution in [0.3, 0.4) is 0 Å². The number of para-hydroxylation sites is 1. The highest BCUT2D eigenvalue weighted by Crippen LogP contribution is 2.22. The number of nitro benzene ring substituents is 2. The molecular formula is C14H10N4O6. The highest BCUT2D eigenvalue weighted by atomic mass is 16.6. The van der Waals surface area contributed by atoms with Crippen LogP contribution in [0.4, 0.5) is 11.4 Å². The molecule has 0 bridgehead atoms. The lowest BCUT2D eigenvalue weighted by molar-refractivity contribution is -0.394. The van der Waals surface area contributed by atoms with E-state index in [-0.39, 0.29) is 11.3 Å². The Hall–Kier alpha value is -3.82. The van der Waals surface area contributed by atoms with Gasteiger partial charge in [0.25, 0.3) is 17.3 Å². The normalized spacial score (nSPS) is 10.5. The third-order valence-corrected chi connectivity index (χ3v) is 2.89. The van der Waals surface area contributed by atoms with Gasteiger partial charge >= 0.3 is 0 Å². The maximum atomic E-state index is 11.9. The second kappa shape index (κ2) is 6.96. The second-order valence-electron chi connectivity index (χ2n) is 4.51. The quantitative estimate of drug-likeness (QED) is 0.486. The minimum absolute atomic E-state index is 0.0542. The van der Waals surface area contributed by atoms with Gasteiger partial charge in [-0.3, -0.25) is 25.0 Å². The summed E-state index contributed by atoms with van der Waals surface area (Å²) in [5, 5.41) is 34.7. The van der Waals surface area contributed by atoms with Crippen LogP contribution in [0.25, 0.3) is 0 Å². The number of amides is 1. The van der Waals surface area contributed by atoms with Crippen LogP contribution in [0.15, 0.2) is 47.6 Å². The van der Waals surface area contributed by atoms with E-state index in [9.17, 15) is 30.1 Å². The monoisotopic (exact) mass is 330 g/mol. The summed E-state index contributed by atoms with van der Waals surface area (Å²) in [5.74, 6) is -0.921. The van der Waals surface area contributed by atoms with Crippen molar-refractivity contribution in [3.05, 3.63) is 73.8 Å². The van der Waals surface area contributed by atoms with Gasteiger partial charge in [-0.1, -0.05) is 12.1 Å². The zero-order valence-corrected chi connectivity index (χ0v) is 11.9. The Morgan fingerprint density at radius 3 is 2.21 bits per heavy atom. The molecule has 122 valence electrons. The number of aromatic hydroxyl groups is 1. The molecule has 0 aliphatic heterocycles. The Labute approximate surface area is 134 Å². The average molecular weight is 330 g/mol. The molecule has 0 radical (unpaired) electrons. The number of carbonyl (C=O) groups excluding carboxylic acids is 1. The van der Waals surface area contributed by atoms with Crippen LogP contribution in [-0.2, 0) is 0 Å². The first-order valence-electron chi connectivity index (χ1n) is 6.44. The van der Waals surface area contributed by atoms with E-state index < -0.39 is 27.1 Å². The molecule has 0 aromatic heterocycles. The number of hydrazone groups is 1. The maximum Gasteiger partial charge on any atom is 0.277 e. The van der Waals surface area contributed by atoms with Crippen molar-refractivity contribution < 1.29 is 19.7 Å². The lowest BCUT2D eigenvalue weighted by Gasteiger charge is -2.01. The fraction of sp³-hybridized carbons (Fsp3) is 0. The predicted molar refractivity (Wildman–Crippen MR) is 82.9 cm³/mol. The number of nitrogens with one attached hydrogen (secondary N) is 1. The van der Waals surface area contributed by atoms with Crippen molar-refractivity contribution in [1.29, 1.82) is 0 Å². The molecular weight excluding hydrogens is 320 g/mol. The number of phenols is 1. The van der Waals surface area contributed by atoms with Gasteiger partial charge in [-0.2, -0.15) is 5.10 Å². The Balaban J connectivity index is 2.22. The lowest BCUT2D eigenvalue weighted by atomic mass is 10.1. The molecule has 10 heteroatoms. The molecule has 2 rings (SSSR count). The molecule has 0 atom stereocenters. The van der Waals surface area contributed by atoms with Crippen LogP contribution >= 0.6 is 0 Å². The highest BCUT2D eigenvalue weighted by molar-refractivity contribution is 5.96. The molecule has 0 aliphatic carbocycles. The van der Waals surface area contributed by atoms with Gasteiger partial charge in [0, 0.05) is 17.7 Å². The van der Waals surface area contributed by atoms with Crippen LogP contribution in [0, 0.1) is 20.2 Å². The fourth-order valence-electron chi connectivity index (χ4n) is 1.76. The SMILES string of the molecule is O=C(N/N=C\c1ccccc1O)c1cc([N+](=O)[O-])cc([N+](=O)[O-])c1. The van der Waals surface area contributed by atoms with Gasteiger partial charge in [0.05, 0.1) is 27.7 Å². The Bertz CT molecular complexity index is 817. The molecule has 0 saturated carbocycles. The molecule has 0 saturated heterocycles. The molecule has 0 aliphatic rings. The Morgan fingerprint density at radius 2 is 1.67 bits per heavy atom. The summed E-state index contributed by atoms with van der Waals surface area (Å²) in [6.45, 7) is 0. The van der Waals surface area contributed by atoms with Crippen LogP contribution in [0.5, 0.6) is 5.75 Å². The number of nitrogens with zero attached hydrogens (tertiary/aromatic N) is 3. The molecule has 10 nitrogen and oxygen atoms in total.